The number of hydrogen-bond acceptors (Lipinski definition) is 6. The summed E-state index contributed by atoms with van der Waals surface area (Å²) >= 11 is 0. The summed E-state index contributed by atoms with van der Waals surface area (Å²) in [5, 5.41) is 7.27. The second kappa shape index (κ2) is 11.1. The molecule has 2 aliphatic heterocycles. The van der Waals surface area contributed by atoms with E-state index in [2.05, 4.69) is 53.3 Å². The summed E-state index contributed by atoms with van der Waals surface area (Å²) in [5.74, 6) is 1.46. The number of rotatable bonds is 7. The molecule has 2 amide bonds. The second-order valence-electron chi connectivity index (χ2n) is 11.4. The van der Waals surface area contributed by atoms with E-state index in [4.69, 9.17) is 4.52 Å². The van der Waals surface area contributed by atoms with Crippen molar-refractivity contribution in [2.75, 3.05) is 24.5 Å². The Kier molecular flexibility index (Phi) is 7.61. The fourth-order valence-electron chi connectivity index (χ4n) is 5.19. The lowest BCUT2D eigenvalue weighted by molar-refractivity contribution is -0.126. The number of carbonyl (C=O) groups is 2. The lowest BCUT2D eigenvalue weighted by atomic mass is 9.87. The average molecular weight is 516 g/mol. The minimum Gasteiger partial charge on any atom is -0.352 e. The summed E-state index contributed by atoms with van der Waals surface area (Å²) in [6, 6.07) is 16.2. The predicted octanol–water partition coefficient (Wildman–Crippen LogP) is 4.69. The van der Waals surface area contributed by atoms with Crippen molar-refractivity contribution in [3.63, 3.8) is 0 Å². The number of carbonyl (C=O) groups excluding carboxylic acids is 2. The Morgan fingerprint density at radius 1 is 1.08 bits per heavy atom. The average Bonchev–Trinajstić information content (AvgIpc) is 3.56. The van der Waals surface area contributed by atoms with E-state index in [-0.39, 0.29) is 23.1 Å². The first-order valence-corrected chi connectivity index (χ1v) is 13.6. The third-order valence-corrected chi connectivity index (χ3v) is 7.56. The molecule has 0 spiro atoms. The van der Waals surface area contributed by atoms with E-state index in [1.807, 2.05) is 41.3 Å². The maximum atomic E-state index is 12.8. The van der Waals surface area contributed by atoms with Gasteiger partial charge in [0.1, 0.15) is 0 Å². The molecule has 2 aromatic carbocycles. The van der Waals surface area contributed by atoms with Crippen molar-refractivity contribution >= 4 is 17.5 Å². The maximum absolute atomic E-state index is 12.8. The van der Waals surface area contributed by atoms with Gasteiger partial charge in [0.15, 0.2) is 0 Å². The molecular weight excluding hydrogens is 478 g/mol. The molecule has 3 aromatic rings. The number of amides is 2. The first-order valence-electron chi connectivity index (χ1n) is 13.6. The number of hydrogen-bond donors (Lipinski definition) is 1. The molecule has 0 bridgehead atoms. The van der Waals surface area contributed by atoms with Crippen LogP contribution in [0, 0.1) is 5.92 Å². The van der Waals surface area contributed by atoms with E-state index in [9.17, 15) is 9.59 Å². The van der Waals surface area contributed by atoms with Crippen LogP contribution in [0.5, 0.6) is 0 Å². The molecule has 8 heteroatoms. The highest BCUT2D eigenvalue weighted by molar-refractivity contribution is 5.95. The summed E-state index contributed by atoms with van der Waals surface area (Å²) in [7, 11) is 0. The van der Waals surface area contributed by atoms with Gasteiger partial charge in [-0.05, 0) is 61.0 Å². The van der Waals surface area contributed by atoms with Gasteiger partial charge in [0.25, 0.3) is 0 Å². The molecule has 200 valence electrons. The third kappa shape index (κ3) is 6.13. The SMILES string of the molecule is CC(C)(C)c1ccc(-c2noc(CN3CCC(C(=O)NCc4cccc(N5CCCC5=O)c4)CC3)n2)cc1. The van der Waals surface area contributed by atoms with Crippen molar-refractivity contribution in [3.8, 4) is 11.4 Å². The topological polar surface area (TPSA) is 91.6 Å². The minimum absolute atomic E-state index is 0.00540. The number of nitrogens with one attached hydrogen (secondary N) is 1. The van der Waals surface area contributed by atoms with Crippen LogP contribution in [-0.2, 0) is 28.1 Å². The Bertz CT molecular complexity index is 1270. The molecule has 2 saturated heterocycles. The molecule has 2 fully saturated rings. The summed E-state index contributed by atoms with van der Waals surface area (Å²) in [6.07, 6.45) is 3.10. The van der Waals surface area contributed by atoms with Crippen molar-refractivity contribution in [3.05, 3.63) is 65.5 Å². The highest BCUT2D eigenvalue weighted by Crippen LogP contribution is 2.26. The van der Waals surface area contributed by atoms with Crippen LogP contribution < -0.4 is 10.2 Å². The van der Waals surface area contributed by atoms with Crippen molar-refractivity contribution in [2.45, 2.75) is 65.0 Å². The van der Waals surface area contributed by atoms with Crippen LogP contribution in [0.3, 0.4) is 0 Å². The van der Waals surface area contributed by atoms with Crippen molar-refractivity contribution < 1.29 is 14.1 Å². The van der Waals surface area contributed by atoms with Gasteiger partial charge >= 0.3 is 0 Å². The third-order valence-electron chi connectivity index (χ3n) is 7.56. The molecule has 0 aliphatic carbocycles. The Labute approximate surface area is 224 Å². The van der Waals surface area contributed by atoms with Crippen molar-refractivity contribution in [1.29, 1.82) is 0 Å². The van der Waals surface area contributed by atoms with Gasteiger partial charge in [0, 0.05) is 36.7 Å². The predicted molar refractivity (Wildman–Crippen MR) is 146 cm³/mol. The number of nitrogens with zero attached hydrogens (tertiary/aromatic N) is 4. The lowest BCUT2D eigenvalue weighted by Gasteiger charge is -2.30. The highest BCUT2D eigenvalue weighted by atomic mass is 16.5. The summed E-state index contributed by atoms with van der Waals surface area (Å²) in [6.45, 7) is 10.0. The van der Waals surface area contributed by atoms with Crippen molar-refractivity contribution in [1.82, 2.24) is 20.4 Å². The Hall–Kier alpha value is -3.52. The number of piperidine rings is 1. The molecule has 5 rings (SSSR count). The van der Waals surface area contributed by atoms with Gasteiger partial charge in [-0.1, -0.05) is 62.3 Å². The first kappa shape index (κ1) is 26.1. The molecule has 0 atom stereocenters. The summed E-state index contributed by atoms with van der Waals surface area (Å²) in [5.41, 5.74) is 4.24. The van der Waals surface area contributed by atoms with Gasteiger partial charge in [-0.2, -0.15) is 4.98 Å². The molecule has 8 nitrogen and oxygen atoms in total. The van der Waals surface area contributed by atoms with E-state index in [1.165, 1.54) is 5.56 Å². The van der Waals surface area contributed by atoms with Gasteiger partial charge in [-0.15, -0.1) is 0 Å². The monoisotopic (exact) mass is 515 g/mol. The van der Waals surface area contributed by atoms with Crippen molar-refractivity contribution in [2.24, 2.45) is 5.92 Å². The van der Waals surface area contributed by atoms with Crippen LogP contribution in [0.2, 0.25) is 0 Å². The zero-order valence-electron chi connectivity index (χ0n) is 22.6. The Morgan fingerprint density at radius 3 is 2.53 bits per heavy atom. The van der Waals surface area contributed by atoms with E-state index < -0.39 is 0 Å². The summed E-state index contributed by atoms with van der Waals surface area (Å²) < 4.78 is 5.53. The molecular formula is C30H37N5O3. The molecule has 3 heterocycles. The Morgan fingerprint density at radius 2 is 1.84 bits per heavy atom. The normalized spacial score (nSPS) is 17.2. The van der Waals surface area contributed by atoms with Crippen LogP contribution in [0.25, 0.3) is 11.4 Å². The number of benzene rings is 2. The van der Waals surface area contributed by atoms with E-state index >= 15 is 0 Å². The van der Waals surface area contributed by atoms with Gasteiger partial charge < -0.3 is 14.7 Å². The fourth-order valence-corrected chi connectivity index (χ4v) is 5.19. The van der Waals surface area contributed by atoms with Crippen LogP contribution in [-0.4, -0.2) is 46.5 Å². The molecule has 1 aromatic heterocycles. The molecule has 0 unspecified atom stereocenters. The van der Waals surface area contributed by atoms with Gasteiger partial charge in [0.2, 0.25) is 23.5 Å². The standard InChI is InChI=1S/C30H37N5O3/c1-30(2,3)24-11-9-22(10-12-24)28-32-26(38-33-28)20-34-16-13-23(14-17-34)29(37)31-19-21-6-4-7-25(18-21)35-15-5-8-27(35)36/h4,6-7,9-12,18,23H,5,8,13-17,19-20H2,1-3H3,(H,31,37). The molecule has 1 N–H and O–H groups in total. The van der Waals surface area contributed by atoms with E-state index in [0.717, 1.165) is 55.7 Å². The molecule has 2 aliphatic rings. The minimum atomic E-state index is -0.00540. The second-order valence-corrected chi connectivity index (χ2v) is 11.4. The summed E-state index contributed by atoms with van der Waals surface area (Å²) in [4.78, 5) is 33.6. The quantitative estimate of drug-likeness (QED) is 0.491. The zero-order chi connectivity index (χ0) is 26.7. The molecule has 38 heavy (non-hydrogen) atoms. The highest BCUT2D eigenvalue weighted by Gasteiger charge is 2.26. The number of likely N-dealkylation sites (tertiary alicyclic amines) is 1. The van der Waals surface area contributed by atoms with Crippen LogP contribution in [0.4, 0.5) is 5.69 Å². The van der Waals surface area contributed by atoms with Crippen LogP contribution in [0.15, 0.2) is 53.1 Å². The Balaban J connectivity index is 1.08. The number of anilines is 1. The zero-order valence-corrected chi connectivity index (χ0v) is 22.6. The van der Waals surface area contributed by atoms with Gasteiger partial charge in [-0.3, -0.25) is 14.5 Å². The van der Waals surface area contributed by atoms with E-state index in [0.29, 0.717) is 31.2 Å². The molecule has 0 radical (unpaired) electrons. The fraction of sp³-hybridized carbons (Fsp3) is 0.467. The number of aromatic nitrogens is 2. The smallest absolute Gasteiger partial charge is 0.241 e. The van der Waals surface area contributed by atoms with Gasteiger partial charge in [0.05, 0.1) is 6.54 Å². The maximum Gasteiger partial charge on any atom is 0.241 e. The van der Waals surface area contributed by atoms with Gasteiger partial charge in [-0.25, -0.2) is 0 Å². The van der Waals surface area contributed by atoms with Crippen LogP contribution >= 0.6 is 0 Å². The van der Waals surface area contributed by atoms with Crippen LogP contribution in [0.1, 0.15) is 63.5 Å². The largest absolute Gasteiger partial charge is 0.352 e. The molecule has 0 saturated carbocycles. The van der Waals surface area contributed by atoms with E-state index in [1.54, 1.807) is 0 Å². The first-order chi connectivity index (χ1) is 18.3. The lowest BCUT2D eigenvalue weighted by Crippen LogP contribution is -2.40.